The van der Waals surface area contributed by atoms with Crippen LogP contribution in [-0.4, -0.2) is 31.7 Å². The number of carbonyl (C=O) groups excluding carboxylic acids is 1. The van der Waals surface area contributed by atoms with Crippen LogP contribution < -0.4 is 15.2 Å². The zero-order chi connectivity index (χ0) is 13.0. The fraction of sp³-hybridized carbons (Fsp3) is 0.364. The summed E-state index contributed by atoms with van der Waals surface area (Å²) in [4.78, 5) is 11.9. The monoisotopic (exact) mass is 303 g/mol. The van der Waals surface area contributed by atoms with Crippen LogP contribution >= 0.6 is 15.9 Å². The molecule has 0 aliphatic heterocycles. The predicted octanol–water partition coefficient (Wildman–Crippen LogP) is 1.70. The van der Waals surface area contributed by atoms with Gasteiger partial charge in [0.25, 0.3) is 0 Å². The molecule has 0 atom stereocenters. The van der Waals surface area contributed by atoms with Crippen LogP contribution in [0, 0.1) is 0 Å². The number of carbonyl (C=O) groups is 1. The van der Waals surface area contributed by atoms with Crippen molar-refractivity contribution in [2.24, 2.45) is 5.73 Å². The number of hydrogen-bond acceptors (Lipinski definition) is 5. The van der Waals surface area contributed by atoms with E-state index < -0.39 is 0 Å². The minimum absolute atomic E-state index is 0.0872. The maximum atomic E-state index is 11.9. The van der Waals surface area contributed by atoms with E-state index in [9.17, 15) is 9.90 Å². The number of phenolic OH excluding ortho intramolecular Hbond substituents is 1. The number of methoxy groups -OCH3 is 2. The largest absolute Gasteiger partial charge is 0.506 e. The van der Waals surface area contributed by atoms with Gasteiger partial charge in [0.1, 0.15) is 11.3 Å². The average Bonchev–Trinajstić information content (AvgIpc) is 2.31. The summed E-state index contributed by atoms with van der Waals surface area (Å²) in [7, 11) is 2.86. The molecule has 0 fully saturated rings. The molecule has 0 saturated carbocycles. The molecular weight excluding hydrogens is 290 g/mol. The molecule has 0 saturated heterocycles. The molecule has 1 aromatic rings. The lowest BCUT2D eigenvalue weighted by molar-refractivity contribution is 0.0979. The Labute approximate surface area is 108 Å². The van der Waals surface area contributed by atoms with Gasteiger partial charge in [-0.2, -0.15) is 0 Å². The van der Waals surface area contributed by atoms with Gasteiger partial charge in [-0.05, 0) is 22.5 Å². The number of nitrogens with two attached hydrogens (primary N) is 1. The maximum absolute atomic E-state index is 11.9. The minimum atomic E-state index is -0.290. The number of aromatic hydroxyl groups is 1. The molecule has 0 spiro atoms. The minimum Gasteiger partial charge on any atom is -0.506 e. The molecule has 0 aromatic heterocycles. The molecule has 0 heterocycles. The van der Waals surface area contributed by atoms with Gasteiger partial charge in [0, 0.05) is 12.5 Å². The number of rotatable bonds is 5. The summed E-state index contributed by atoms with van der Waals surface area (Å²) in [6.45, 7) is 0.205. The van der Waals surface area contributed by atoms with Gasteiger partial charge in [0.2, 0.25) is 0 Å². The van der Waals surface area contributed by atoms with Crippen molar-refractivity contribution >= 4 is 21.7 Å². The Morgan fingerprint density at radius 1 is 1.47 bits per heavy atom. The zero-order valence-corrected chi connectivity index (χ0v) is 11.2. The van der Waals surface area contributed by atoms with Gasteiger partial charge < -0.3 is 20.3 Å². The molecule has 0 radical (unpaired) electrons. The molecule has 17 heavy (non-hydrogen) atoms. The van der Waals surface area contributed by atoms with Gasteiger partial charge in [-0.15, -0.1) is 0 Å². The van der Waals surface area contributed by atoms with Gasteiger partial charge >= 0.3 is 0 Å². The quantitative estimate of drug-likeness (QED) is 0.809. The Kier molecular flexibility index (Phi) is 4.77. The third-order valence-electron chi connectivity index (χ3n) is 2.25. The standard InChI is InChI=1S/C11H14BrNO4/c1-16-8-5-6(12)10(15)9(11(8)17-2)7(14)3-4-13/h5,15H,3-4,13H2,1-2H3. The summed E-state index contributed by atoms with van der Waals surface area (Å²) < 4.78 is 10.6. The molecule has 0 aliphatic carbocycles. The number of halogens is 1. The van der Waals surface area contributed by atoms with Crippen molar-refractivity contribution in [3.63, 3.8) is 0 Å². The molecule has 1 aromatic carbocycles. The van der Waals surface area contributed by atoms with Crippen molar-refractivity contribution in [1.82, 2.24) is 0 Å². The Morgan fingerprint density at radius 2 is 2.12 bits per heavy atom. The van der Waals surface area contributed by atoms with Crippen molar-refractivity contribution in [3.05, 3.63) is 16.1 Å². The number of ketones is 1. The number of Topliss-reactive ketones (excluding diaryl/α,β-unsaturated/α-hetero) is 1. The summed E-state index contributed by atoms with van der Waals surface area (Å²) in [5, 5.41) is 9.88. The normalized spacial score (nSPS) is 10.1. The van der Waals surface area contributed by atoms with E-state index in [1.54, 1.807) is 0 Å². The Morgan fingerprint density at radius 3 is 2.59 bits per heavy atom. The van der Waals surface area contributed by atoms with Crippen LogP contribution in [0.3, 0.4) is 0 Å². The lowest BCUT2D eigenvalue weighted by atomic mass is 10.1. The predicted molar refractivity (Wildman–Crippen MR) is 66.9 cm³/mol. The first-order valence-electron chi connectivity index (χ1n) is 4.93. The number of ether oxygens (including phenoxy) is 2. The fourth-order valence-electron chi connectivity index (χ4n) is 1.47. The highest BCUT2D eigenvalue weighted by Gasteiger charge is 2.23. The molecule has 0 amide bonds. The van der Waals surface area contributed by atoms with E-state index in [0.29, 0.717) is 10.2 Å². The van der Waals surface area contributed by atoms with Gasteiger partial charge in [0.15, 0.2) is 17.3 Å². The van der Waals surface area contributed by atoms with Crippen molar-refractivity contribution in [2.75, 3.05) is 20.8 Å². The van der Waals surface area contributed by atoms with Crippen molar-refractivity contribution in [1.29, 1.82) is 0 Å². The second-order valence-electron chi connectivity index (χ2n) is 3.28. The fourth-order valence-corrected chi connectivity index (χ4v) is 1.87. The van der Waals surface area contributed by atoms with E-state index in [0.717, 1.165) is 0 Å². The molecule has 0 bridgehead atoms. The molecule has 0 aliphatic rings. The highest BCUT2D eigenvalue weighted by molar-refractivity contribution is 9.10. The SMILES string of the molecule is COc1cc(Br)c(O)c(C(=O)CCN)c1OC. The van der Waals surface area contributed by atoms with Gasteiger partial charge in [0.05, 0.1) is 18.7 Å². The van der Waals surface area contributed by atoms with Crippen LogP contribution in [0.25, 0.3) is 0 Å². The van der Waals surface area contributed by atoms with Crippen LogP contribution in [0.4, 0.5) is 0 Å². The summed E-state index contributed by atoms with van der Waals surface area (Å²) in [6.07, 6.45) is 0.128. The first kappa shape index (κ1) is 13.8. The van der Waals surface area contributed by atoms with Gasteiger partial charge in [-0.25, -0.2) is 0 Å². The first-order valence-corrected chi connectivity index (χ1v) is 5.72. The Hall–Kier alpha value is -1.27. The number of hydrogen-bond donors (Lipinski definition) is 2. The van der Waals surface area contributed by atoms with Crippen molar-refractivity contribution < 1.29 is 19.4 Å². The molecular formula is C11H14BrNO4. The zero-order valence-electron chi connectivity index (χ0n) is 9.62. The summed E-state index contributed by atoms with van der Waals surface area (Å²) >= 11 is 3.15. The summed E-state index contributed by atoms with van der Waals surface area (Å²) in [6, 6.07) is 1.54. The van der Waals surface area contributed by atoms with Crippen molar-refractivity contribution in [3.8, 4) is 17.2 Å². The second kappa shape index (κ2) is 5.88. The van der Waals surface area contributed by atoms with E-state index in [1.807, 2.05) is 0 Å². The van der Waals surface area contributed by atoms with E-state index in [1.165, 1.54) is 20.3 Å². The van der Waals surface area contributed by atoms with E-state index in [-0.39, 0.29) is 35.8 Å². The second-order valence-corrected chi connectivity index (χ2v) is 4.13. The molecule has 1 rings (SSSR count). The van der Waals surface area contributed by atoms with Crippen LogP contribution in [0.15, 0.2) is 10.5 Å². The Balaban J connectivity index is 3.43. The first-order chi connectivity index (χ1) is 8.06. The van der Waals surface area contributed by atoms with Crippen LogP contribution in [-0.2, 0) is 0 Å². The summed E-state index contributed by atoms with van der Waals surface area (Å²) in [5.41, 5.74) is 5.42. The van der Waals surface area contributed by atoms with Gasteiger partial charge in [-0.3, -0.25) is 4.79 Å². The highest BCUT2D eigenvalue weighted by atomic mass is 79.9. The topological polar surface area (TPSA) is 81.8 Å². The lowest BCUT2D eigenvalue weighted by Gasteiger charge is -2.14. The molecule has 3 N–H and O–H groups in total. The van der Waals surface area contributed by atoms with E-state index in [4.69, 9.17) is 15.2 Å². The average molecular weight is 304 g/mol. The van der Waals surface area contributed by atoms with Crippen LogP contribution in [0.1, 0.15) is 16.8 Å². The number of benzene rings is 1. The molecule has 5 nitrogen and oxygen atoms in total. The van der Waals surface area contributed by atoms with Crippen LogP contribution in [0.2, 0.25) is 0 Å². The van der Waals surface area contributed by atoms with Crippen molar-refractivity contribution in [2.45, 2.75) is 6.42 Å². The highest BCUT2D eigenvalue weighted by Crippen LogP contribution is 2.42. The van der Waals surface area contributed by atoms with Crippen LogP contribution in [0.5, 0.6) is 17.2 Å². The maximum Gasteiger partial charge on any atom is 0.175 e. The number of phenols is 1. The molecule has 0 unspecified atom stereocenters. The van der Waals surface area contributed by atoms with E-state index >= 15 is 0 Å². The third-order valence-corrected chi connectivity index (χ3v) is 2.85. The van der Waals surface area contributed by atoms with Gasteiger partial charge in [-0.1, -0.05) is 0 Å². The Bertz CT molecular complexity index is 434. The lowest BCUT2D eigenvalue weighted by Crippen LogP contribution is -2.10. The molecule has 94 valence electrons. The van der Waals surface area contributed by atoms with E-state index in [2.05, 4.69) is 15.9 Å². The third kappa shape index (κ3) is 2.70. The molecule has 6 heteroatoms. The smallest absolute Gasteiger partial charge is 0.175 e. The summed E-state index contributed by atoms with van der Waals surface area (Å²) in [5.74, 6) is 0.131.